The molecule has 1 N–H and O–H groups in total. The maximum Gasteiger partial charge on any atom is 0.264 e. The molecule has 0 bridgehead atoms. The molecule has 4 rings (SSSR count). The Kier molecular flexibility index (Phi) is 7.34. The number of methoxy groups -OCH3 is 1. The van der Waals surface area contributed by atoms with Gasteiger partial charge in [-0.2, -0.15) is 0 Å². The standard InChI is InChI=1S/C24H21ClN4O4S2/c1-16-8-11-19(12-9-16)35(31,32)29(20-14-18(25)10-13-21(20)33-2)15-22(30)26-24-28-27-23(34-24)17-6-4-3-5-7-17/h3-14H,15H2,1-2H3,(H,26,28,30). The summed E-state index contributed by atoms with van der Waals surface area (Å²) in [7, 11) is -2.73. The Morgan fingerprint density at radius 2 is 1.77 bits per heavy atom. The third-order valence-electron chi connectivity index (χ3n) is 5.00. The first kappa shape index (κ1) is 24.6. The summed E-state index contributed by atoms with van der Waals surface area (Å²) in [6.07, 6.45) is 0. The maximum atomic E-state index is 13.6. The van der Waals surface area contributed by atoms with Gasteiger partial charge in [-0.1, -0.05) is 71.0 Å². The van der Waals surface area contributed by atoms with Gasteiger partial charge in [0.15, 0.2) is 0 Å². The average molecular weight is 529 g/mol. The van der Waals surface area contributed by atoms with Gasteiger partial charge in [0.2, 0.25) is 11.0 Å². The highest BCUT2D eigenvalue weighted by Crippen LogP contribution is 2.35. The van der Waals surface area contributed by atoms with E-state index in [-0.39, 0.29) is 21.5 Å². The number of sulfonamides is 1. The predicted molar refractivity (Wildman–Crippen MR) is 138 cm³/mol. The van der Waals surface area contributed by atoms with Crippen LogP contribution in [0.25, 0.3) is 10.6 Å². The number of rotatable bonds is 8. The van der Waals surface area contributed by atoms with E-state index in [1.54, 1.807) is 24.3 Å². The van der Waals surface area contributed by atoms with Crippen LogP contribution in [0.3, 0.4) is 0 Å². The number of aryl methyl sites for hydroxylation is 1. The zero-order chi connectivity index (χ0) is 25.0. The Balaban J connectivity index is 1.66. The SMILES string of the molecule is COc1ccc(Cl)cc1N(CC(=O)Nc1nnc(-c2ccccc2)s1)S(=O)(=O)c1ccc(C)cc1. The van der Waals surface area contributed by atoms with E-state index >= 15 is 0 Å². The molecule has 0 unspecified atom stereocenters. The molecular weight excluding hydrogens is 508 g/mol. The molecule has 4 aromatic rings. The summed E-state index contributed by atoms with van der Waals surface area (Å²) in [6, 6.07) is 20.3. The van der Waals surface area contributed by atoms with E-state index < -0.39 is 22.5 Å². The molecule has 0 saturated heterocycles. The number of ether oxygens (including phenoxy) is 1. The molecule has 1 aromatic heterocycles. The van der Waals surface area contributed by atoms with E-state index in [4.69, 9.17) is 16.3 Å². The van der Waals surface area contributed by atoms with Crippen molar-refractivity contribution in [2.45, 2.75) is 11.8 Å². The van der Waals surface area contributed by atoms with Gasteiger partial charge < -0.3 is 4.74 Å². The van der Waals surface area contributed by atoms with Crippen molar-refractivity contribution < 1.29 is 17.9 Å². The van der Waals surface area contributed by atoms with Gasteiger partial charge in [0.1, 0.15) is 17.3 Å². The first-order valence-corrected chi connectivity index (χ1v) is 13.0. The summed E-state index contributed by atoms with van der Waals surface area (Å²) in [5.74, 6) is -0.348. The van der Waals surface area contributed by atoms with Crippen LogP contribution in [0.5, 0.6) is 5.75 Å². The maximum absolute atomic E-state index is 13.6. The first-order valence-electron chi connectivity index (χ1n) is 10.4. The molecule has 11 heteroatoms. The van der Waals surface area contributed by atoms with Crippen LogP contribution >= 0.6 is 22.9 Å². The zero-order valence-corrected chi connectivity index (χ0v) is 21.2. The van der Waals surface area contributed by atoms with Crippen molar-refractivity contribution in [2.24, 2.45) is 0 Å². The van der Waals surface area contributed by atoms with Crippen LogP contribution in [0.2, 0.25) is 5.02 Å². The highest BCUT2D eigenvalue weighted by molar-refractivity contribution is 7.92. The molecule has 0 radical (unpaired) electrons. The van der Waals surface area contributed by atoms with Gasteiger partial charge in [0, 0.05) is 10.6 Å². The molecule has 0 aliphatic rings. The summed E-state index contributed by atoms with van der Waals surface area (Å²) in [5.41, 5.74) is 1.90. The lowest BCUT2D eigenvalue weighted by Crippen LogP contribution is -2.38. The molecule has 0 aliphatic heterocycles. The van der Waals surface area contributed by atoms with E-state index in [9.17, 15) is 13.2 Å². The number of nitrogens with one attached hydrogen (secondary N) is 1. The van der Waals surface area contributed by atoms with Gasteiger partial charge in [-0.3, -0.25) is 14.4 Å². The van der Waals surface area contributed by atoms with Crippen LogP contribution in [0.4, 0.5) is 10.8 Å². The van der Waals surface area contributed by atoms with Crippen molar-refractivity contribution in [1.29, 1.82) is 0 Å². The summed E-state index contributed by atoms with van der Waals surface area (Å²) in [4.78, 5) is 13.0. The van der Waals surface area contributed by atoms with E-state index in [2.05, 4.69) is 15.5 Å². The molecule has 0 spiro atoms. The van der Waals surface area contributed by atoms with Crippen LogP contribution in [0.1, 0.15) is 5.56 Å². The number of carbonyl (C=O) groups is 1. The number of aromatic nitrogens is 2. The molecule has 0 atom stereocenters. The molecule has 0 aliphatic carbocycles. The van der Waals surface area contributed by atoms with Gasteiger partial charge in [0.05, 0.1) is 17.7 Å². The Hall–Kier alpha value is -3.47. The molecule has 1 heterocycles. The highest BCUT2D eigenvalue weighted by Gasteiger charge is 2.30. The van der Waals surface area contributed by atoms with E-state index in [1.165, 1.54) is 36.6 Å². The lowest BCUT2D eigenvalue weighted by molar-refractivity contribution is -0.114. The van der Waals surface area contributed by atoms with E-state index in [0.717, 1.165) is 15.4 Å². The van der Waals surface area contributed by atoms with Gasteiger partial charge in [-0.05, 0) is 37.3 Å². The average Bonchev–Trinajstić information content (AvgIpc) is 3.31. The molecular formula is C24H21ClN4O4S2. The minimum absolute atomic E-state index is 0.0280. The van der Waals surface area contributed by atoms with Gasteiger partial charge in [-0.15, -0.1) is 10.2 Å². The largest absolute Gasteiger partial charge is 0.495 e. The fourth-order valence-corrected chi connectivity index (χ4v) is 5.61. The lowest BCUT2D eigenvalue weighted by Gasteiger charge is -2.25. The van der Waals surface area contributed by atoms with Crippen LogP contribution < -0.4 is 14.4 Å². The van der Waals surface area contributed by atoms with Crippen LogP contribution in [-0.4, -0.2) is 38.2 Å². The normalized spacial score (nSPS) is 11.2. The summed E-state index contributed by atoms with van der Waals surface area (Å²) < 4.78 is 33.6. The number of halogens is 1. The van der Waals surface area contributed by atoms with Crippen LogP contribution in [0.15, 0.2) is 77.7 Å². The third kappa shape index (κ3) is 5.61. The minimum Gasteiger partial charge on any atom is -0.495 e. The lowest BCUT2D eigenvalue weighted by atomic mass is 10.2. The second-order valence-corrected chi connectivity index (χ2v) is 10.7. The number of amides is 1. The second kappa shape index (κ2) is 10.4. The number of benzene rings is 3. The topological polar surface area (TPSA) is 101 Å². The number of hydrogen-bond donors (Lipinski definition) is 1. The van der Waals surface area contributed by atoms with Gasteiger partial charge in [0.25, 0.3) is 10.0 Å². The Morgan fingerprint density at radius 1 is 1.06 bits per heavy atom. The quantitative estimate of drug-likeness (QED) is 0.345. The molecule has 8 nitrogen and oxygen atoms in total. The fraction of sp³-hybridized carbons (Fsp3) is 0.125. The minimum atomic E-state index is -4.14. The Bertz CT molecular complexity index is 1440. The second-order valence-electron chi connectivity index (χ2n) is 7.47. The number of anilines is 2. The smallest absolute Gasteiger partial charge is 0.264 e. The zero-order valence-electron chi connectivity index (χ0n) is 18.8. The molecule has 180 valence electrons. The van der Waals surface area contributed by atoms with Crippen molar-refractivity contribution in [2.75, 3.05) is 23.3 Å². The Labute approximate surface area is 212 Å². The van der Waals surface area contributed by atoms with Crippen molar-refractivity contribution in [3.05, 3.63) is 83.4 Å². The van der Waals surface area contributed by atoms with Crippen molar-refractivity contribution in [3.8, 4) is 16.3 Å². The van der Waals surface area contributed by atoms with Gasteiger partial charge >= 0.3 is 0 Å². The fourth-order valence-electron chi connectivity index (χ4n) is 3.26. The van der Waals surface area contributed by atoms with Crippen molar-refractivity contribution >= 4 is 49.7 Å². The number of carbonyl (C=O) groups excluding carboxylic acids is 1. The third-order valence-corrected chi connectivity index (χ3v) is 7.89. The van der Waals surface area contributed by atoms with E-state index in [1.807, 2.05) is 37.3 Å². The molecule has 0 fully saturated rings. The van der Waals surface area contributed by atoms with Crippen LogP contribution in [-0.2, 0) is 14.8 Å². The monoisotopic (exact) mass is 528 g/mol. The first-order chi connectivity index (χ1) is 16.8. The number of nitrogens with zero attached hydrogens (tertiary/aromatic N) is 3. The predicted octanol–water partition coefficient (Wildman–Crippen LogP) is 5.01. The van der Waals surface area contributed by atoms with Gasteiger partial charge in [-0.25, -0.2) is 8.42 Å². The summed E-state index contributed by atoms with van der Waals surface area (Å²) >= 11 is 7.35. The molecule has 1 amide bonds. The molecule has 35 heavy (non-hydrogen) atoms. The molecule has 3 aromatic carbocycles. The highest BCUT2D eigenvalue weighted by atomic mass is 35.5. The van der Waals surface area contributed by atoms with Crippen molar-refractivity contribution in [3.63, 3.8) is 0 Å². The van der Waals surface area contributed by atoms with Crippen LogP contribution in [0, 0.1) is 6.92 Å². The van der Waals surface area contributed by atoms with Crippen molar-refractivity contribution in [1.82, 2.24) is 10.2 Å². The molecule has 0 saturated carbocycles. The van der Waals surface area contributed by atoms with E-state index in [0.29, 0.717) is 10.0 Å². The summed E-state index contributed by atoms with van der Waals surface area (Å²) in [5, 5.41) is 11.9. The summed E-state index contributed by atoms with van der Waals surface area (Å²) in [6.45, 7) is 1.32. The number of hydrogen-bond acceptors (Lipinski definition) is 7. The Morgan fingerprint density at radius 3 is 2.46 bits per heavy atom.